The van der Waals surface area contributed by atoms with Gasteiger partial charge < -0.3 is 9.84 Å². The van der Waals surface area contributed by atoms with Gasteiger partial charge in [-0.05, 0) is 30.4 Å². The van der Waals surface area contributed by atoms with Crippen LogP contribution in [0.4, 0.5) is 0 Å². The summed E-state index contributed by atoms with van der Waals surface area (Å²) in [7, 11) is 0. The van der Waals surface area contributed by atoms with Crippen LogP contribution in [0.3, 0.4) is 0 Å². The van der Waals surface area contributed by atoms with Crippen molar-refractivity contribution in [2.45, 2.75) is 44.4 Å². The topological polar surface area (TPSA) is 49.8 Å². The Bertz CT molecular complexity index is 494. The Morgan fingerprint density at radius 2 is 2.00 bits per heavy atom. The molecular weight excluding hydrogens is 254 g/mol. The fourth-order valence-corrected chi connectivity index (χ4v) is 3.44. The third kappa shape index (κ3) is 2.58. The minimum Gasteiger partial charge on any atom is -0.462 e. The van der Waals surface area contributed by atoms with E-state index in [-0.39, 0.29) is 18.1 Å². The van der Waals surface area contributed by atoms with Crippen molar-refractivity contribution in [3.05, 3.63) is 35.4 Å². The predicted molar refractivity (Wildman–Crippen MR) is 75.3 cm³/mol. The van der Waals surface area contributed by atoms with Gasteiger partial charge in [0.25, 0.3) is 0 Å². The van der Waals surface area contributed by atoms with E-state index >= 15 is 0 Å². The molecule has 2 atom stereocenters. The fourth-order valence-electron chi connectivity index (χ4n) is 3.44. The van der Waals surface area contributed by atoms with Gasteiger partial charge >= 0.3 is 5.97 Å². The number of likely N-dealkylation sites (tertiary alicyclic amines) is 1. The van der Waals surface area contributed by atoms with E-state index in [9.17, 15) is 9.90 Å². The molecule has 0 bridgehead atoms. The number of piperidine rings is 1. The van der Waals surface area contributed by atoms with Crippen molar-refractivity contribution >= 4 is 5.97 Å². The molecule has 1 N–H and O–H groups in total. The van der Waals surface area contributed by atoms with Gasteiger partial charge in [-0.15, -0.1) is 0 Å². The number of aliphatic hydroxyl groups excluding tert-OH is 1. The Balaban J connectivity index is 1.61. The number of esters is 1. The molecule has 4 nitrogen and oxygen atoms in total. The Hall–Kier alpha value is -1.39. The van der Waals surface area contributed by atoms with Crippen LogP contribution in [0.15, 0.2) is 24.3 Å². The van der Waals surface area contributed by atoms with E-state index < -0.39 is 6.10 Å². The van der Waals surface area contributed by atoms with Crippen LogP contribution in [0.5, 0.6) is 0 Å². The van der Waals surface area contributed by atoms with Crippen LogP contribution in [0.25, 0.3) is 0 Å². The maximum Gasteiger partial charge on any atom is 0.302 e. The van der Waals surface area contributed by atoms with Gasteiger partial charge in [-0.25, -0.2) is 0 Å². The number of nitrogens with zero attached hydrogens (tertiary/aromatic N) is 1. The molecule has 108 valence electrons. The lowest BCUT2D eigenvalue weighted by molar-refractivity contribution is -0.149. The lowest BCUT2D eigenvalue weighted by Crippen LogP contribution is -2.45. The summed E-state index contributed by atoms with van der Waals surface area (Å²) in [6, 6.07) is 8.30. The van der Waals surface area contributed by atoms with Crippen molar-refractivity contribution in [3.63, 3.8) is 0 Å². The maximum absolute atomic E-state index is 11.0. The molecule has 0 amide bonds. The molecule has 20 heavy (non-hydrogen) atoms. The number of ether oxygens (including phenoxy) is 1. The molecule has 0 saturated carbocycles. The molecule has 1 aliphatic heterocycles. The summed E-state index contributed by atoms with van der Waals surface area (Å²) >= 11 is 0. The van der Waals surface area contributed by atoms with Crippen molar-refractivity contribution in [2.24, 2.45) is 0 Å². The first-order chi connectivity index (χ1) is 9.65. The summed E-state index contributed by atoms with van der Waals surface area (Å²) in [5.41, 5.74) is 2.33. The summed E-state index contributed by atoms with van der Waals surface area (Å²) in [6.45, 7) is 3.23. The first-order valence-electron chi connectivity index (χ1n) is 7.32. The van der Waals surface area contributed by atoms with Gasteiger partial charge in [0.05, 0.1) is 6.10 Å². The van der Waals surface area contributed by atoms with Gasteiger partial charge in [-0.3, -0.25) is 9.69 Å². The molecular formula is C16H21NO3. The second-order valence-corrected chi connectivity index (χ2v) is 5.76. The maximum atomic E-state index is 11.0. The van der Waals surface area contributed by atoms with E-state index in [1.807, 2.05) is 18.2 Å². The highest BCUT2D eigenvalue weighted by Gasteiger charge is 2.36. The molecule has 3 rings (SSSR count). The summed E-state index contributed by atoms with van der Waals surface area (Å²) in [5, 5.41) is 10.5. The summed E-state index contributed by atoms with van der Waals surface area (Å²) < 4.78 is 5.26. The van der Waals surface area contributed by atoms with Crippen LogP contribution >= 0.6 is 0 Å². The number of carbonyl (C=O) groups excluding carboxylic acids is 1. The number of hydrogen-bond donors (Lipinski definition) is 1. The van der Waals surface area contributed by atoms with E-state index in [1.165, 1.54) is 12.5 Å². The summed E-state index contributed by atoms with van der Waals surface area (Å²) in [6.07, 6.45) is 2.29. The number of hydrogen-bond acceptors (Lipinski definition) is 4. The molecule has 1 saturated heterocycles. The average Bonchev–Trinajstić information content (AvgIpc) is 2.77. The number of carbonyl (C=O) groups is 1. The van der Waals surface area contributed by atoms with Gasteiger partial charge in [-0.1, -0.05) is 24.3 Å². The lowest BCUT2D eigenvalue weighted by atomic mass is 10.0. The highest BCUT2D eigenvalue weighted by Crippen LogP contribution is 2.35. The van der Waals surface area contributed by atoms with Crippen LogP contribution in [0.1, 0.15) is 37.0 Å². The van der Waals surface area contributed by atoms with Gasteiger partial charge in [0.15, 0.2) is 0 Å². The number of rotatable bonds is 2. The standard InChI is InChI=1S/C16H21NO3/c1-11(18)20-13-6-8-17(9-7-13)15-10-12-4-2-3-5-14(12)16(15)19/h2-5,13,15-16,19H,6-10H2,1H3. The fraction of sp³-hybridized carbons (Fsp3) is 0.562. The molecule has 1 fully saturated rings. The van der Waals surface area contributed by atoms with E-state index in [0.717, 1.165) is 37.9 Å². The number of aliphatic hydroxyl groups is 1. The van der Waals surface area contributed by atoms with Crippen LogP contribution < -0.4 is 0 Å². The normalized spacial score (nSPS) is 27.3. The lowest BCUT2D eigenvalue weighted by Gasteiger charge is -2.36. The van der Waals surface area contributed by atoms with E-state index in [1.54, 1.807) is 0 Å². The first-order valence-corrected chi connectivity index (χ1v) is 7.32. The summed E-state index contributed by atoms with van der Waals surface area (Å²) in [4.78, 5) is 13.3. The molecule has 4 heteroatoms. The molecule has 0 spiro atoms. The predicted octanol–water partition coefficient (Wildman–Crippen LogP) is 1.67. The molecule has 2 aliphatic rings. The second kappa shape index (κ2) is 5.54. The van der Waals surface area contributed by atoms with Gasteiger partial charge in [0.1, 0.15) is 6.10 Å². The number of fused-ring (bicyclic) bond motifs is 1. The molecule has 1 heterocycles. The SMILES string of the molecule is CC(=O)OC1CCN(C2Cc3ccccc3C2O)CC1. The zero-order valence-electron chi connectivity index (χ0n) is 11.8. The Morgan fingerprint density at radius 1 is 1.30 bits per heavy atom. The van der Waals surface area contributed by atoms with Gasteiger partial charge in [0.2, 0.25) is 0 Å². The molecule has 0 radical (unpaired) electrons. The van der Waals surface area contributed by atoms with Crippen LogP contribution in [-0.2, 0) is 16.0 Å². The van der Waals surface area contributed by atoms with E-state index in [0.29, 0.717) is 0 Å². The van der Waals surface area contributed by atoms with Crippen LogP contribution in [0, 0.1) is 0 Å². The van der Waals surface area contributed by atoms with E-state index in [4.69, 9.17) is 4.74 Å². The van der Waals surface area contributed by atoms with Crippen LogP contribution in [0.2, 0.25) is 0 Å². The third-order valence-electron chi connectivity index (χ3n) is 4.45. The molecule has 1 aliphatic carbocycles. The Labute approximate surface area is 119 Å². The molecule has 2 unspecified atom stereocenters. The minimum atomic E-state index is -0.392. The molecule has 1 aromatic carbocycles. The van der Waals surface area contributed by atoms with Crippen LogP contribution in [-0.4, -0.2) is 41.2 Å². The second-order valence-electron chi connectivity index (χ2n) is 5.76. The average molecular weight is 275 g/mol. The Kier molecular flexibility index (Phi) is 3.76. The third-order valence-corrected chi connectivity index (χ3v) is 4.45. The molecule has 0 aromatic heterocycles. The summed E-state index contributed by atoms with van der Waals surface area (Å²) in [5.74, 6) is -0.197. The largest absolute Gasteiger partial charge is 0.462 e. The van der Waals surface area contributed by atoms with Crippen molar-refractivity contribution in [1.29, 1.82) is 0 Å². The van der Waals surface area contributed by atoms with Crippen molar-refractivity contribution < 1.29 is 14.6 Å². The Morgan fingerprint density at radius 3 is 2.65 bits per heavy atom. The van der Waals surface area contributed by atoms with Gasteiger partial charge in [-0.2, -0.15) is 0 Å². The quantitative estimate of drug-likeness (QED) is 0.834. The van der Waals surface area contributed by atoms with Crippen molar-refractivity contribution in [2.75, 3.05) is 13.1 Å². The zero-order valence-corrected chi connectivity index (χ0v) is 11.8. The highest BCUT2D eigenvalue weighted by molar-refractivity contribution is 5.66. The zero-order chi connectivity index (χ0) is 14.1. The van der Waals surface area contributed by atoms with Crippen molar-refractivity contribution in [1.82, 2.24) is 4.90 Å². The van der Waals surface area contributed by atoms with Gasteiger partial charge in [0, 0.05) is 26.1 Å². The number of benzene rings is 1. The smallest absolute Gasteiger partial charge is 0.302 e. The monoisotopic (exact) mass is 275 g/mol. The highest BCUT2D eigenvalue weighted by atomic mass is 16.5. The minimum absolute atomic E-state index is 0.0460. The van der Waals surface area contributed by atoms with E-state index in [2.05, 4.69) is 11.0 Å². The molecule has 1 aromatic rings. The first kappa shape index (κ1) is 13.6. The van der Waals surface area contributed by atoms with Crippen molar-refractivity contribution in [3.8, 4) is 0 Å².